The van der Waals surface area contributed by atoms with Crippen LogP contribution in [0.5, 0.6) is 0 Å². The third-order valence-electron chi connectivity index (χ3n) is 11.8. The molecule has 290 valence electrons. The summed E-state index contributed by atoms with van der Waals surface area (Å²) in [5.41, 5.74) is 14.3. The highest BCUT2D eigenvalue weighted by Crippen LogP contribution is 2.42. The molecule has 3 heterocycles. The van der Waals surface area contributed by atoms with Gasteiger partial charge in [-0.2, -0.15) is 0 Å². The van der Waals surface area contributed by atoms with Crippen molar-refractivity contribution in [1.29, 1.82) is 0 Å². The van der Waals surface area contributed by atoms with E-state index in [1.54, 1.807) is 0 Å². The van der Waals surface area contributed by atoms with Crippen molar-refractivity contribution in [2.24, 2.45) is 0 Å². The Morgan fingerprint density at radius 2 is 0.742 bits per heavy atom. The van der Waals surface area contributed by atoms with Gasteiger partial charge in [-0.1, -0.05) is 176 Å². The summed E-state index contributed by atoms with van der Waals surface area (Å²) in [5.74, 6) is 1.80. The molecular formula is C57H36N4O. The highest BCUT2D eigenvalue weighted by molar-refractivity contribution is 6.15. The van der Waals surface area contributed by atoms with Crippen LogP contribution in [0.25, 0.3) is 117 Å². The van der Waals surface area contributed by atoms with E-state index < -0.39 is 0 Å². The zero-order chi connectivity index (χ0) is 41.0. The molecule has 12 aromatic rings. The summed E-state index contributed by atoms with van der Waals surface area (Å²) in [6.45, 7) is 0. The second-order valence-corrected chi connectivity index (χ2v) is 15.6. The number of hydrogen-bond acceptors (Lipinski definition) is 4. The molecule has 5 nitrogen and oxygen atoms in total. The van der Waals surface area contributed by atoms with Crippen molar-refractivity contribution >= 4 is 43.7 Å². The van der Waals surface area contributed by atoms with E-state index >= 15 is 0 Å². The molecule has 0 amide bonds. The topological polar surface area (TPSA) is 56.7 Å². The number of nitrogens with zero attached hydrogens (tertiary/aromatic N) is 4. The number of furan rings is 1. The molecule has 0 aliphatic carbocycles. The summed E-state index contributed by atoms with van der Waals surface area (Å²) in [5, 5.41) is 4.32. The lowest BCUT2D eigenvalue weighted by molar-refractivity contribution is 0.669. The summed E-state index contributed by atoms with van der Waals surface area (Å²) >= 11 is 0. The van der Waals surface area contributed by atoms with Crippen LogP contribution in [0, 0.1) is 0 Å². The molecule has 3 aromatic heterocycles. The van der Waals surface area contributed by atoms with E-state index in [1.165, 1.54) is 21.9 Å². The zero-order valence-electron chi connectivity index (χ0n) is 33.5. The Labute approximate surface area is 357 Å². The van der Waals surface area contributed by atoms with Crippen molar-refractivity contribution in [3.63, 3.8) is 0 Å². The van der Waals surface area contributed by atoms with E-state index in [0.29, 0.717) is 17.5 Å². The van der Waals surface area contributed by atoms with Crippen molar-refractivity contribution in [2.75, 3.05) is 0 Å². The largest absolute Gasteiger partial charge is 0.456 e. The molecule has 0 aliphatic rings. The smallest absolute Gasteiger partial charge is 0.164 e. The van der Waals surface area contributed by atoms with Crippen molar-refractivity contribution in [3.8, 4) is 73.2 Å². The van der Waals surface area contributed by atoms with Gasteiger partial charge in [0, 0.05) is 50.0 Å². The third kappa shape index (κ3) is 6.14. The molecule has 0 saturated carbocycles. The molecule has 9 aromatic carbocycles. The van der Waals surface area contributed by atoms with Crippen LogP contribution in [0.15, 0.2) is 223 Å². The van der Waals surface area contributed by atoms with Crippen LogP contribution in [0.1, 0.15) is 0 Å². The van der Waals surface area contributed by atoms with Gasteiger partial charge in [-0.25, -0.2) is 15.0 Å². The standard InChI is InChI=1S/C57H36N4O/c1-6-16-37(17-7-1)42-26-29-46-47-30-27-43(38-18-8-2-9-19-38)34-51(47)61(50(46)33-42)45-28-31-48-52(36-45)62-53-35-44(39-20-10-3-11-21-39)32-49(54(48)53)57-59-55(40-22-12-4-13-23-40)58-56(60-57)41-24-14-5-15-25-41/h1-36H. The monoisotopic (exact) mass is 792 g/mol. The second-order valence-electron chi connectivity index (χ2n) is 15.6. The average Bonchev–Trinajstić information content (AvgIpc) is 3.89. The minimum atomic E-state index is 0.580. The maximum Gasteiger partial charge on any atom is 0.164 e. The van der Waals surface area contributed by atoms with Gasteiger partial charge < -0.3 is 8.98 Å². The van der Waals surface area contributed by atoms with E-state index in [2.05, 4.69) is 156 Å². The first-order valence-corrected chi connectivity index (χ1v) is 20.8. The SMILES string of the molecule is c1ccc(-c2cc(-c3nc(-c4ccccc4)nc(-c4ccccc4)n3)c3c(c2)oc2cc(-n4c5cc(-c6ccccc6)ccc5c5ccc(-c6ccccc6)cc54)ccc23)cc1. The van der Waals surface area contributed by atoms with E-state index in [1.807, 2.05) is 66.7 Å². The number of hydrogen-bond donors (Lipinski definition) is 0. The van der Waals surface area contributed by atoms with Gasteiger partial charge in [0.1, 0.15) is 11.2 Å². The van der Waals surface area contributed by atoms with Crippen molar-refractivity contribution < 1.29 is 4.42 Å². The summed E-state index contributed by atoms with van der Waals surface area (Å²) in [6.07, 6.45) is 0. The van der Waals surface area contributed by atoms with Gasteiger partial charge in [0.25, 0.3) is 0 Å². The van der Waals surface area contributed by atoms with Gasteiger partial charge in [0.2, 0.25) is 0 Å². The lowest BCUT2D eigenvalue weighted by Gasteiger charge is -2.11. The van der Waals surface area contributed by atoms with Gasteiger partial charge in [0.05, 0.1) is 11.0 Å². The third-order valence-corrected chi connectivity index (χ3v) is 11.8. The predicted octanol–water partition coefficient (Wildman–Crippen LogP) is 14.9. The fourth-order valence-corrected chi connectivity index (χ4v) is 8.85. The van der Waals surface area contributed by atoms with E-state index in [-0.39, 0.29) is 0 Å². The first-order chi connectivity index (χ1) is 30.7. The van der Waals surface area contributed by atoms with E-state index in [0.717, 1.165) is 77.6 Å². The summed E-state index contributed by atoms with van der Waals surface area (Å²) in [7, 11) is 0. The van der Waals surface area contributed by atoms with Crippen LogP contribution >= 0.6 is 0 Å². The number of benzene rings is 9. The predicted molar refractivity (Wildman–Crippen MR) is 254 cm³/mol. The lowest BCUT2D eigenvalue weighted by Crippen LogP contribution is -2.00. The molecule has 0 spiro atoms. The first kappa shape index (κ1) is 35.5. The van der Waals surface area contributed by atoms with Crippen LogP contribution in [0.4, 0.5) is 0 Å². The molecule has 0 unspecified atom stereocenters. The minimum absolute atomic E-state index is 0.580. The van der Waals surface area contributed by atoms with Gasteiger partial charge in [0.15, 0.2) is 17.5 Å². The number of aromatic nitrogens is 4. The molecule has 0 bridgehead atoms. The van der Waals surface area contributed by atoms with Crippen LogP contribution in [0.3, 0.4) is 0 Å². The fraction of sp³-hybridized carbons (Fsp3) is 0. The van der Waals surface area contributed by atoms with Crippen LogP contribution in [-0.4, -0.2) is 19.5 Å². The normalized spacial score (nSPS) is 11.5. The number of fused-ring (bicyclic) bond motifs is 6. The number of rotatable bonds is 7. The molecule has 0 N–H and O–H groups in total. The van der Waals surface area contributed by atoms with Gasteiger partial charge in [-0.15, -0.1) is 0 Å². The van der Waals surface area contributed by atoms with Crippen LogP contribution < -0.4 is 0 Å². The summed E-state index contributed by atoms with van der Waals surface area (Å²) in [4.78, 5) is 15.4. The van der Waals surface area contributed by atoms with Crippen LogP contribution in [0.2, 0.25) is 0 Å². The quantitative estimate of drug-likeness (QED) is 0.161. The lowest BCUT2D eigenvalue weighted by atomic mass is 9.98. The Kier molecular flexibility index (Phi) is 8.42. The van der Waals surface area contributed by atoms with E-state index in [9.17, 15) is 0 Å². The van der Waals surface area contributed by atoms with Crippen molar-refractivity contribution in [3.05, 3.63) is 218 Å². The van der Waals surface area contributed by atoms with Gasteiger partial charge in [-0.3, -0.25) is 0 Å². The van der Waals surface area contributed by atoms with Crippen molar-refractivity contribution in [1.82, 2.24) is 19.5 Å². The van der Waals surface area contributed by atoms with Gasteiger partial charge >= 0.3 is 0 Å². The fourth-order valence-electron chi connectivity index (χ4n) is 8.85. The maximum absolute atomic E-state index is 6.97. The molecule has 0 radical (unpaired) electrons. The minimum Gasteiger partial charge on any atom is -0.456 e. The molecule has 5 heteroatoms. The Morgan fingerprint density at radius 1 is 0.306 bits per heavy atom. The Balaban J connectivity index is 1.11. The summed E-state index contributed by atoms with van der Waals surface area (Å²) < 4.78 is 9.36. The average molecular weight is 793 g/mol. The molecule has 0 saturated heterocycles. The maximum atomic E-state index is 6.97. The Hall–Kier alpha value is -8.41. The van der Waals surface area contributed by atoms with E-state index in [4.69, 9.17) is 19.4 Å². The Bertz CT molecular complexity index is 3450. The highest BCUT2D eigenvalue weighted by atomic mass is 16.3. The van der Waals surface area contributed by atoms with Crippen molar-refractivity contribution in [2.45, 2.75) is 0 Å². The molecule has 0 fully saturated rings. The molecule has 0 atom stereocenters. The zero-order valence-corrected chi connectivity index (χ0v) is 33.5. The second kappa shape index (κ2) is 14.7. The summed E-state index contributed by atoms with van der Waals surface area (Å²) in [6, 6.07) is 76.4. The highest BCUT2D eigenvalue weighted by Gasteiger charge is 2.22. The molecule has 0 aliphatic heterocycles. The Morgan fingerprint density at radius 3 is 1.24 bits per heavy atom. The molecule has 12 rings (SSSR count). The molecule has 62 heavy (non-hydrogen) atoms. The van der Waals surface area contributed by atoms with Crippen LogP contribution in [-0.2, 0) is 0 Å². The van der Waals surface area contributed by atoms with Gasteiger partial charge in [-0.05, 0) is 69.8 Å². The first-order valence-electron chi connectivity index (χ1n) is 20.8. The molecular weight excluding hydrogens is 757 g/mol.